The molecule has 6 aromatic rings. The summed E-state index contributed by atoms with van der Waals surface area (Å²) in [5.41, 5.74) is 10.2. The van der Waals surface area contributed by atoms with E-state index in [0.29, 0.717) is 22.4 Å². The number of hydrogen-bond acceptors (Lipinski definition) is 7. The highest BCUT2D eigenvalue weighted by molar-refractivity contribution is 5.96. The number of H-pyrrole nitrogens is 1. The molecule has 4 heterocycles. The van der Waals surface area contributed by atoms with Crippen LogP contribution in [-0.4, -0.2) is 34.3 Å². The van der Waals surface area contributed by atoms with Crippen LogP contribution in [0, 0.1) is 0 Å². The first kappa shape index (κ1) is 21.5. The van der Waals surface area contributed by atoms with E-state index < -0.39 is 0 Å². The van der Waals surface area contributed by atoms with Gasteiger partial charge in [-0.1, -0.05) is 36.4 Å². The van der Waals surface area contributed by atoms with Gasteiger partial charge in [0.25, 0.3) is 5.56 Å². The van der Waals surface area contributed by atoms with Gasteiger partial charge in [0.2, 0.25) is 5.95 Å². The lowest BCUT2D eigenvalue weighted by atomic mass is 9.99. The highest BCUT2D eigenvalue weighted by Crippen LogP contribution is 2.30. The highest BCUT2D eigenvalue weighted by Gasteiger charge is 2.20. The SMILES string of the molecule is CC(Nc1nc(N)nc2nc[nH]c12)c1cc2cccc(-c3cnn(C)c3)c2c(=O)n1-c1ccccc1. The summed E-state index contributed by atoms with van der Waals surface area (Å²) in [4.78, 5) is 30.0. The zero-order valence-electron chi connectivity index (χ0n) is 19.7. The van der Waals surface area contributed by atoms with Crippen LogP contribution in [0.2, 0.25) is 0 Å². The van der Waals surface area contributed by atoms with Crippen LogP contribution in [0.3, 0.4) is 0 Å². The van der Waals surface area contributed by atoms with E-state index in [0.717, 1.165) is 27.9 Å². The fourth-order valence-electron chi connectivity index (χ4n) is 4.58. The van der Waals surface area contributed by atoms with Gasteiger partial charge in [-0.3, -0.25) is 14.0 Å². The first-order chi connectivity index (χ1) is 17.5. The van der Waals surface area contributed by atoms with Crippen LogP contribution in [0.5, 0.6) is 0 Å². The predicted octanol–water partition coefficient (Wildman–Crippen LogP) is 3.81. The Hall–Kier alpha value is -4.99. The molecule has 0 aliphatic carbocycles. The number of rotatable bonds is 5. The number of imidazole rings is 1. The minimum absolute atomic E-state index is 0.115. The molecule has 10 heteroatoms. The molecule has 0 bridgehead atoms. The highest BCUT2D eigenvalue weighted by atomic mass is 16.1. The van der Waals surface area contributed by atoms with E-state index in [2.05, 4.69) is 30.4 Å². The molecule has 0 radical (unpaired) electrons. The van der Waals surface area contributed by atoms with Crippen LogP contribution in [0.4, 0.5) is 11.8 Å². The Bertz CT molecular complexity index is 1780. The molecule has 0 fully saturated rings. The van der Waals surface area contributed by atoms with Crippen molar-refractivity contribution in [3.05, 3.63) is 89.4 Å². The van der Waals surface area contributed by atoms with Crippen LogP contribution in [0.1, 0.15) is 18.7 Å². The number of fused-ring (bicyclic) bond motifs is 2. The molecule has 1 atom stereocenters. The van der Waals surface area contributed by atoms with Crippen molar-refractivity contribution in [2.24, 2.45) is 7.05 Å². The van der Waals surface area contributed by atoms with Gasteiger partial charge in [0, 0.05) is 30.2 Å². The normalized spacial score (nSPS) is 12.3. The van der Waals surface area contributed by atoms with Crippen molar-refractivity contribution in [3.8, 4) is 16.8 Å². The molecule has 0 spiro atoms. The van der Waals surface area contributed by atoms with Gasteiger partial charge in [-0.2, -0.15) is 15.1 Å². The van der Waals surface area contributed by atoms with E-state index in [1.807, 2.05) is 74.8 Å². The molecule has 36 heavy (non-hydrogen) atoms. The molecule has 0 saturated heterocycles. The molecule has 0 aliphatic heterocycles. The van der Waals surface area contributed by atoms with Crippen LogP contribution in [-0.2, 0) is 7.05 Å². The fourth-order valence-corrected chi connectivity index (χ4v) is 4.58. The number of aromatic nitrogens is 7. The Morgan fingerprint density at radius 2 is 1.92 bits per heavy atom. The first-order valence-corrected chi connectivity index (χ1v) is 11.5. The lowest BCUT2D eigenvalue weighted by Crippen LogP contribution is -2.26. The number of anilines is 2. The summed E-state index contributed by atoms with van der Waals surface area (Å²) >= 11 is 0. The standard InChI is InChI=1S/C26H23N9O/c1-15(31-24-22-23(29-14-28-22)32-26(27)33-24)20-11-16-7-6-10-19(17-12-30-34(2)13-17)21(16)25(36)35(20)18-8-4-3-5-9-18/h3-15H,1-2H3,(H4,27,28,29,31,32,33). The lowest BCUT2D eigenvalue weighted by Gasteiger charge is -2.22. The van der Waals surface area contributed by atoms with Crippen molar-refractivity contribution in [1.82, 2.24) is 34.3 Å². The molecule has 2 aromatic carbocycles. The van der Waals surface area contributed by atoms with E-state index in [1.165, 1.54) is 0 Å². The largest absolute Gasteiger partial charge is 0.368 e. The Morgan fingerprint density at radius 3 is 2.69 bits per heavy atom. The molecule has 6 rings (SSSR count). The third kappa shape index (κ3) is 3.56. The number of hydrogen-bond donors (Lipinski definition) is 3. The Morgan fingerprint density at radius 1 is 1.08 bits per heavy atom. The van der Waals surface area contributed by atoms with Gasteiger partial charge in [0.1, 0.15) is 5.52 Å². The Labute approximate surface area is 205 Å². The molecule has 0 amide bonds. The summed E-state index contributed by atoms with van der Waals surface area (Å²) in [5, 5.41) is 9.17. The second-order valence-electron chi connectivity index (χ2n) is 8.62. The molecule has 4 N–H and O–H groups in total. The molecule has 178 valence electrons. The van der Waals surface area contributed by atoms with E-state index in [4.69, 9.17) is 5.73 Å². The summed E-state index contributed by atoms with van der Waals surface area (Å²) < 4.78 is 3.47. The van der Waals surface area contributed by atoms with Crippen molar-refractivity contribution in [1.29, 1.82) is 0 Å². The average Bonchev–Trinajstić information content (AvgIpc) is 3.53. The van der Waals surface area contributed by atoms with Crippen LogP contribution >= 0.6 is 0 Å². The van der Waals surface area contributed by atoms with Crippen molar-refractivity contribution >= 4 is 33.7 Å². The lowest BCUT2D eigenvalue weighted by molar-refractivity contribution is 0.768. The minimum Gasteiger partial charge on any atom is -0.368 e. The quantitative estimate of drug-likeness (QED) is 0.344. The van der Waals surface area contributed by atoms with Gasteiger partial charge in [0.15, 0.2) is 11.5 Å². The van der Waals surface area contributed by atoms with E-state index in [1.54, 1.807) is 21.8 Å². The van der Waals surface area contributed by atoms with Crippen molar-refractivity contribution in [2.75, 3.05) is 11.1 Å². The first-order valence-electron chi connectivity index (χ1n) is 11.5. The van der Waals surface area contributed by atoms with E-state index >= 15 is 0 Å². The third-order valence-corrected chi connectivity index (χ3v) is 6.21. The monoisotopic (exact) mass is 477 g/mol. The summed E-state index contributed by atoms with van der Waals surface area (Å²) in [6, 6.07) is 17.2. The van der Waals surface area contributed by atoms with Crippen molar-refractivity contribution in [3.63, 3.8) is 0 Å². The van der Waals surface area contributed by atoms with Gasteiger partial charge >= 0.3 is 0 Å². The maximum absolute atomic E-state index is 14.2. The zero-order valence-corrected chi connectivity index (χ0v) is 19.7. The smallest absolute Gasteiger partial charge is 0.263 e. The Balaban J connectivity index is 1.57. The average molecular weight is 478 g/mol. The van der Waals surface area contributed by atoms with Gasteiger partial charge in [-0.25, -0.2) is 4.98 Å². The van der Waals surface area contributed by atoms with Gasteiger partial charge in [-0.15, -0.1) is 0 Å². The van der Waals surface area contributed by atoms with Crippen LogP contribution in [0.15, 0.2) is 78.1 Å². The molecule has 10 nitrogen and oxygen atoms in total. The minimum atomic E-state index is -0.315. The number of nitrogens with two attached hydrogens (primary N) is 1. The number of nitrogens with zero attached hydrogens (tertiary/aromatic N) is 6. The van der Waals surface area contributed by atoms with Crippen LogP contribution in [0.25, 0.3) is 38.8 Å². The zero-order chi connectivity index (χ0) is 24.8. The van der Waals surface area contributed by atoms with Crippen molar-refractivity contribution in [2.45, 2.75) is 13.0 Å². The number of para-hydroxylation sites is 1. The maximum atomic E-state index is 14.2. The second-order valence-corrected chi connectivity index (χ2v) is 8.62. The molecular formula is C26H23N9O. The molecular weight excluding hydrogens is 454 g/mol. The van der Waals surface area contributed by atoms with Crippen molar-refractivity contribution < 1.29 is 0 Å². The number of nitrogens with one attached hydrogen (secondary N) is 2. The molecule has 0 saturated carbocycles. The maximum Gasteiger partial charge on any atom is 0.263 e. The topological polar surface area (TPSA) is 132 Å². The fraction of sp³-hybridized carbons (Fsp3) is 0.115. The van der Waals surface area contributed by atoms with Crippen LogP contribution < -0.4 is 16.6 Å². The molecule has 1 unspecified atom stereocenters. The molecule has 0 aliphatic rings. The second kappa shape index (κ2) is 8.35. The number of aryl methyl sites for hydroxylation is 1. The predicted molar refractivity (Wildman–Crippen MR) is 140 cm³/mol. The van der Waals surface area contributed by atoms with E-state index in [-0.39, 0.29) is 17.5 Å². The number of benzene rings is 2. The number of pyridine rings is 1. The van der Waals surface area contributed by atoms with Gasteiger partial charge in [0.05, 0.1) is 24.0 Å². The van der Waals surface area contributed by atoms with Gasteiger partial charge < -0.3 is 16.0 Å². The van der Waals surface area contributed by atoms with Gasteiger partial charge in [-0.05, 0) is 36.1 Å². The Kier molecular flexibility index (Phi) is 4.99. The molecule has 4 aromatic heterocycles. The number of nitrogen functional groups attached to an aromatic ring is 1. The third-order valence-electron chi connectivity index (χ3n) is 6.21. The summed E-state index contributed by atoms with van der Waals surface area (Å²) in [6.07, 6.45) is 5.23. The van der Waals surface area contributed by atoms with E-state index in [9.17, 15) is 4.79 Å². The summed E-state index contributed by atoms with van der Waals surface area (Å²) in [7, 11) is 1.86. The number of aromatic amines is 1. The summed E-state index contributed by atoms with van der Waals surface area (Å²) in [6.45, 7) is 1.98. The summed E-state index contributed by atoms with van der Waals surface area (Å²) in [5.74, 6) is 0.628.